The van der Waals surface area contributed by atoms with Crippen molar-refractivity contribution >= 4 is 21.9 Å². The molecule has 1 aliphatic rings. The van der Waals surface area contributed by atoms with E-state index in [1.165, 1.54) is 12.8 Å². The molecule has 1 fully saturated rings. The van der Waals surface area contributed by atoms with Crippen LogP contribution in [0.25, 0.3) is 0 Å². The molecule has 0 unspecified atom stereocenters. The molecule has 1 aliphatic carbocycles. The lowest BCUT2D eigenvalue weighted by Gasteiger charge is -2.06. The van der Waals surface area contributed by atoms with Gasteiger partial charge in [-0.25, -0.2) is 0 Å². The highest BCUT2D eigenvalue weighted by molar-refractivity contribution is 9.10. The monoisotopic (exact) mass is 220 g/mol. The van der Waals surface area contributed by atoms with Crippen LogP contribution in [-0.2, 0) is 9.53 Å². The second-order valence-electron chi connectivity index (χ2n) is 2.90. The normalized spacial score (nSPS) is 19.5. The zero-order valence-electron chi connectivity index (χ0n) is 6.68. The number of hydrogen-bond acceptors (Lipinski definition) is 2. The standard InChI is InChI=1S/C8H13BrO2/c1-2-11-8(10)7(9)5-6-3-4-6/h6-7H,2-5H2,1H3/t7-/m0/s1. The summed E-state index contributed by atoms with van der Waals surface area (Å²) in [5.74, 6) is 0.656. The summed E-state index contributed by atoms with van der Waals surface area (Å²) < 4.78 is 4.85. The summed E-state index contributed by atoms with van der Waals surface area (Å²) >= 11 is 3.31. The number of rotatable bonds is 4. The Morgan fingerprint density at radius 3 is 2.82 bits per heavy atom. The fourth-order valence-electron chi connectivity index (χ4n) is 0.975. The van der Waals surface area contributed by atoms with Crippen molar-refractivity contribution < 1.29 is 9.53 Å². The van der Waals surface area contributed by atoms with Crippen molar-refractivity contribution in [3.05, 3.63) is 0 Å². The van der Waals surface area contributed by atoms with Crippen molar-refractivity contribution in [1.82, 2.24) is 0 Å². The van der Waals surface area contributed by atoms with E-state index in [1.54, 1.807) is 0 Å². The molecule has 0 saturated heterocycles. The second-order valence-corrected chi connectivity index (χ2v) is 4.00. The van der Waals surface area contributed by atoms with Crippen LogP contribution < -0.4 is 0 Å². The molecule has 2 nitrogen and oxygen atoms in total. The number of alkyl halides is 1. The highest BCUT2D eigenvalue weighted by atomic mass is 79.9. The van der Waals surface area contributed by atoms with Gasteiger partial charge in [0.25, 0.3) is 0 Å². The third-order valence-electron chi connectivity index (χ3n) is 1.78. The minimum Gasteiger partial charge on any atom is -0.465 e. The van der Waals surface area contributed by atoms with Crippen LogP contribution in [0.15, 0.2) is 0 Å². The van der Waals surface area contributed by atoms with Crippen LogP contribution in [0.1, 0.15) is 26.2 Å². The molecule has 0 aromatic rings. The molecule has 1 rings (SSSR count). The van der Waals surface area contributed by atoms with Crippen molar-refractivity contribution in [1.29, 1.82) is 0 Å². The molecule has 0 heterocycles. The molecule has 64 valence electrons. The fourth-order valence-corrected chi connectivity index (χ4v) is 1.64. The van der Waals surface area contributed by atoms with E-state index in [0.717, 1.165) is 12.3 Å². The van der Waals surface area contributed by atoms with E-state index < -0.39 is 0 Å². The van der Waals surface area contributed by atoms with Gasteiger partial charge in [-0.1, -0.05) is 28.8 Å². The molecule has 1 saturated carbocycles. The first-order valence-electron chi connectivity index (χ1n) is 4.04. The summed E-state index contributed by atoms with van der Waals surface area (Å²) in [6.07, 6.45) is 3.50. The third-order valence-corrected chi connectivity index (χ3v) is 2.53. The molecule has 0 aromatic heterocycles. The molecular weight excluding hydrogens is 208 g/mol. The molecule has 0 aromatic carbocycles. The van der Waals surface area contributed by atoms with E-state index >= 15 is 0 Å². The van der Waals surface area contributed by atoms with Gasteiger partial charge >= 0.3 is 5.97 Å². The summed E-state index contributed by atoms with van der Waals surface area (Å²) in [5, 5.41) is 0. The maximum atomic E-state index is 11.0. The lowest BCUT2D eigenvalue weighted by molar-refractivity contribution is -0.142. The Morgan fingerprint density at radius 1 is 1.73 bits per heavy atom. The molecule has 0 amide bonds. The minimum absolute atomic E-state index is 0.0741. The molecule has 11 heavy (non-hydrogen) atoms. The van der Waals surface area contributed by atoms with Crippen molar-refractivity contribution in [3.63, 3.8) is 0 Å². The first kappa shape index (κ1) is 9.04. The van der Waals surface area contributed by atoms with Gasteiger partial charge in [-0.2, -0.15) is 0 Å². The number of hydrogen-bond donors (Lipinski definition) is 0. The lowest BCUT2D eigenvalue weighted by Crippen LogP contribution is -2.17. The molecule has 3 heteroatoms. The second kappa shape index (κ2) is 4.10. The van der Waals surface area contributed by atoms with E-state index in [1.807, 2.05) is 6.92 Å². The van der Waals surface area contributed by atoms with Gasteiger partial charge in [0.15, 0.2) is 0 Å². The van der Waals surface area contributed by atoms with Crippen molar-refractivity contribution in [2.24, 2.45) is 5.92 Å². The molecule has 0 spiro atoms. The molecule has 0 bridgehead atoms. The lowest BCUT2D eigenvalue weighted by atomic mass is 10.2. The van der Waals surface area contributed by atoms with Crippen LogP contribution in [0.2, 0.25) is 0 Å². The average Bonchev–Trinajstić information content (AvgIpc) is 2.72. The summed E-state index contributed by atoms with van der Waals surface area (Å²) in [6, 6.07) is 0. The highest BCUT2D eigenvalue weighted by Crippen LogP contribution is 2.35. The van der Waals surface area contributed by atoms with Crippen LogP contribution in [0, 0.1) is 5.92 Å². The van der Waals surface area contributed by atoms with Gasteiger partial charge in [-0.3, -0.25) is 4.79 Å². The quantitative estimate of drug-likeness (QED) is 0.536. The number of carbonyl (C=O) groups excluding carboxylic acids is 1. The number of esters is 1. The average molecular weight is 221 g/mol. The molecule has 0 radical (unpaired) electrons. The van der Waals surface area contributed by atoms with Gasteiger partial charge in [0.1, 0.15) is 4.83 Å². The third kappa shape index (κ3) is 3.23. The topological polar surface area (TPSA) is 26.3 Å². The fraction of sp³-hybridized carbons (Fsp3) is 0.875. The maximum absolute atomic E-state index is 11.0. The summed E-state index contributed by atoms with van der Waals surface area (Å²) in [6.45, 7) is 2.31. The Balaban J connectivity index is 2.15. The Kier molecular flexibility index (Phi) is 3.37. The van der Waals surface area contributed by atoms with Crippen LogP contribution in [-0.4, -0.2) is 17.4 Å². The molecular formula is C8H13BrO2. The summed E-state index contributed by atoms with van der Waals surface area (Å²) in [7, 11) is 0. The smallest absolute Gasteiger partial charge is 0.319 e. The Bertz CT molecular complexity index is 143. The Labute approximate surface area is 75.4 Å². The van der Waals surface area contributed by atoms with Gasteiger partial charge in [0, 0.05) is 0 Å². The largest absolute Gasteiger partial charge is 0.465 e. The molecule has 0 aliphatic heterocycles. The van der Waals surface area contributed by atoms with Crippen LogP contribution >= 0.6 is 15.9 Å². The van der Waals surface area contributed by atoms with Crippen molar-refractivity contribution in [3.8, 4) is 0 Å². The number of halogens is 1. The van der Waals surface area contributed by atoms with Crippen LogP contribution in [0.4, 0.5) is 0 Å². The first-order valence-corrected chi connectivity index (χ1v) is 4.96. The number of ether oxygens (including phenoxy) is 1. The van der Waals surface area contributed by atoms with Crippen LogP contribution in [0.5, 0.6) is 0 Å². The minimum atomic E-state index is -0.112. The van der Waals surface area contributed by atoms with Crippen LogP contribution in [0.3, 0.4) is 0 Å². The Morgan fingerprint density at radius 2 is 2.36 bits per heavy atom. The van der Waals surface area contributed by atoms with Gasteiger partial charge in [-0.15, -0.1) is 0 Å². The first-order chi connectivity index (χ1) is 5.24. The predicted molar refractivity (Wildman–Crippen MR) is 46.7 cm³/mol. The maximum Gasteiger partial charge on any atom is 0.319 e. The van der Waals surface area contributed by atoms with Crippen molar-refractivity contribution in [2.75, 3.05) is 6.61 Å². The summed E-state index contributed by atoms with van der Waals surface area (Å²) in [4.78, 5) is 11.0. The van der Waals surface area contributed by atoms with Gasteiger partial charge < -0.3 is 4.74 Å². The van der Waals surface area contributed by atoms with E-state index in [-0.39, 0.29) is 10.8 Å². The van der Waals surface area contributed by atoms with E-state index in [9.17, 15) is 4.79 Å². The molecule has 1 atom stereocenters. The molecule has 0 N–H and O–H groups in total. The van der Waals surface area contributed by atoms with Gasteiger partial charge in [-0.05, 0) is 19.3 Å². The zero-order chi connectivity index (χ0) is 8.27. The Hall–Kier alpha value is -0.0500. The van der Waals surface area contributed by atoms with E-state index in [0.29, 0.717) is 6.61 Å². The summed E-state index contributed by atoms with van der Waals surface area (Å²) in [5.41, 5.74) is 0. The van der Waals surface area contributed by atoms with E-state index in [4.69, 9.17) is 4.74 Å². The number of carbonyl (C=O) groups is 1. The van der Waals surface area contributed by atoms with Crippen molar-refractivity contribution in [2.45, 2.75) is 31.0 Å². The highest BCUT2D eigenvalue weighted by Gasteiger charge is 2.28. The predicted octanol–water partition coefficient (Wildman–Crippen LogP) is 2.11. The zero-order valence-corrected chi connectivity index (χ0v) is 8.26. The van der Waals surface area contributed by atoms with E-state index in [2.05, 4.69) is 15.9 Å². The van der Waals surface area contributed by atoms with Gasteiger partial charge in [0.05, 0.1) is 6.61 Å². The SMILES string of the molecule is CCOC(=O)[C@@H](Br)CC1CC1. The van der Waals surface area contributed by atoms with Gasteiger partial charge in [0.2, 0.25) is 0 Å².